The molecule has 222 valence electrons. The lowest BCUT2D eigenvalue weighted by molar-refractivity contribution is 1.18. The van der Waals surface area contributed by atoms with Gasteiger partial charge in [0.05, 0.1) is 46.0 Å². The van der Waals surface area contributed by atoms with Crippen molar-refractivity contribution in [1.82, 2.24) is 9.13 Å². The first-order valence-electron chi connectivity index (χ1n) is 15.9. The van der Waals surface area contributed by atoms with E-state index in [-0.39, 0.29) is 0 Å². The summed E-state index contributed by atoms with van der Waals surface area (Å²) < 4.78 is 4.62. The molecule has 9 rings (SSSR count). The van der Waals surface area contributed by atoms with Gasteiger partial charge in [0, 0.05) is 32.8 Å². The molecule has 0 atom stereocenters. The lowest BCUT2D eigenvalue weighted by atomic mass is 9.90. The average Bonchev–Trinajstić information content (AvgIpc) is 3.67. The minimum Gasteiger partial charge on any atom is -0.309 e. The Kier molecular flexibility index (Phi) is 6.22. The molecule has 0 saturated carbocycles. The quantitative estimate of drug-likeness (QED) is 0.183. The van der Waals surface area contributed by atoms with Crippen molar-refractivity contribution in [3.63, 3.8) is 0 Å². The third kappa shape index (κ3) is 4.07. The second-order valence-corrected chi connectivity index (χ2v) is 11.9. The summed E-state index contributed by atoms with van der Waals surface area (Å²) in [6.07, 6.45) is 0. The van der Waals surface area contributed by atoms with E-state index in [9.17, 15) is 5.26 Å². The summed E-state index contributed by atoms with van der Waals surface area (Å²) in [5, 5.41) is 14.9. The van der Waals surface area contributed by atoms with Crippen LogP contribution in [0.2, 0.25) is 0 Å². The molecule has 0 amide bonds. The Balaban J connectivity index is 1.32. The number of benzene rings is 7. The van der Waals surface area contributed by atoms with Crippen molar-refractivity contribution in [2.45, 2.75) is 0 Å². The summed E-state index contributed by atoms with van der Waals surface area (Å²) in [5.41, 5.74) is 11.0. The van der Waals surface area contributed by atoms with Crippen LogP contribution in [-0.2, 0) is 0 Å². The summed E-state index contributed by atoms with van der Waals surface area (Å²) >= 11 is 0. The van der Waals surface area contributed by atoms with Gasteiger partial charge in [-0.3, -0.25) is 0 Å². The Morgan fingerprint density at radius 1 is 0.479 bits per heavy atom. The Bertz CT molecular complexity index is 2710. The van der Waals surface area contributed by atoms with Gasteiger partial charge in [-0.1, -0.05) is 103 Å². The number of hydrogen-bond acceptors (Lipinski definition) is 1. The van der Waals surface area contributed by atoms with Gasteiger partial charge in [0.25, 0.3) is 0 Å². The summed E-state index contributed by atoms with van der Waals surface area (Å²) in [4.78, 5) is 3.80. The van der Waals surface area contributed by atoms with Crippen LogP contribution in [0.4, 0.5) is 5.69 Å². The van der Waals surface area contributed by atoms with Gasteiger partial charge in [-0.2, -0.15) is 5.26 Å². The first-order valence-corrected chi connectivity index (χ1v) is 15.9. The minimum atomic E-state index is 0.340. The summed E-state index contributed by atoms with van der Waals surface area (Å²) in [5.74, 6) is 0. The van der Waals surface area contributed by atoms with Crippen molar-refractivity contribution in [2.75, 3.05) is 0 Å². The van der Waals surface area contributed by atoms with E-state index in [0.717, 1.165) is 55.7 Å². The van der Waals surface area contributed by atoms with E-state index in [1.165, 1.54) is 21.5 Å². The molecule has 0 radical (unpaired) electrons. The van der Waals surface area contributed by atoms with Gasteiger partial charge in [0.2, 0.25) is 5.69 Å². The second-order valence-electron chi connectivity index (χ2n) is 11.9. The van der Waals surface area contributed by atoms with Crippen LogP contribution in [0.5, 0.6) is 0 Å². The number of nitriles is 1. The molecule has 4 heteroatoms. The van der Waals surface area contributed by atoms with E-state index in [2.05, 4.69) is 160 Å². The Morgan fingerprint density at radius 3 is 1.56 bits per heavy atom. The largest absolute Gasteiger partial charge is 0.309 e. The molecular formula is C44H26N4. The van der Waals surface area contributed by atoms with Crippen molar-refractivity contribution >= 4 is 49.3 Å². The molecule has 9 aromatic rings. The van der Waals surface area contributed by atoms with Crippen LogP contribution >= 0.6 is 0 Å². The van der Waals surface area contributed by atoms with E-state index in [1.54, 1.807) is 0 Å². The van der Waals surface area contributed by atoms with Crippen LogP contribution < -0.4 is 0 Å². The zero-order valence-electron chi connectivity index (χ0n) is 25.8. The van der Waals surface area contributed by atoms with Crippen molar-refractivity contribution < 1.29 is 0 Å². The Labute approximate surface area is 277 Å². The predicted molar refractivity (Wildman–Crippen MR) is 197 cm³/mol. The Hall–Kier alpha value is -6.88. The molecule has 0 aliphatic carbocycles. The zero-order chi connectivity index (χ0) is 32.2. The number of fused-ring (bicyclic) bond motifs is 6. The number of para-hydroxylation sites is 5. The minimum absolute atomic E-state index is 0.340. The highest BCUT2D eigenvalue weighted by molar-refractivity contribution is 6.11. The van der Waals surface area contributed by atoms with Crippen LogP contribution in [-0.4, -0.2) is 9.13 Å². The maximum Gasteiger partial charge on any atom is 0.205 e. The third-order valence-electron chi connectivity index (χ3n) is 9.39. The topological polar surface area (TPSA) is 38.0 Å². The van der Waals surface area contributed by atoms with Crippen LogP contribution in [0, 0.1) is 17.9 Å². The lowest BCUT2D eigenvalue weighted by Gasteiger charge is -2.18. The molecule has 48 heavy (non-hydrogen) atoms. The fraction of sp³-hybridized carbons (Fsp3) is 0. The lowest BCUT2D eigenvalue weighted by Crippen LogP contribution is -1.99. The zero-order valence-corrected chi connectivity index (χ0v) is 25.8. The van der Waals surface area contributed by atoms with Gasteiger partial charge in [0.1, 0.15) is 0 Å². The van der Waals surface area contributed by atoms with Gasteiger partial charge < -0.3 is 9.13 Å². The molecular weight excluding hydrogens is 585 g/mol. The van der Waals surface area contributed by atoms with E-state index in [0.29, 0.717) is 11.3 Å². The second kappa shape index (κ2) is 10.9. The molecule has 0 fully saturated rings. The normalized spacial score (nSPS) is 11.3. The molecule has 2 heterocycles. The molecule has 0 aliphatic rings. The highest BCUT2D eigenvalue weighted by atomic mass is 15.0. The summed E-state index contributed by atoms with van der Waals surface area (Å²) in [6, 6.07) is 56.9. The van der Waals surface area contributed by atoms with E-state index < -0.39 is 0 Å². The van der Waals surface area contributed by atoms with E-state index >= 15 is 0 Å². The summed E-state index contributed by atoms with van der Waals surface area (Å²) in [7, 11) is 0. The number of hydrogen-bond donors (Lipinski definition) is 0. The maximum atomic E-state index is 10.2. The van der Waals surface area contributed by atoms with Crippen molar-refractivity contribution in [1.29, 1.82) is 5.26 Å². The first kappa shape index (κ1) is 27.4. The molecule has 0 spiro atoms. The predicted octanol–water partition coefficient (Wildman–Crippen LogP) is 11.6. The van der Waals surface area contributed by atoms with Crippen molar-refractivity contribution in [3.8, 4) is 39.7 Å². The van der Waals surface area contributed by atoms with Gasteiger partial charge in [-0.25, -0.2) is 4.85 Å². The number of rotatable bonds is 4. The van der Waals surface area contributed by atoms with E-state index in [1.807, 2.05) is 18.2 Å². The fourth-order valence-corrected chi connectivity index (χ4v) is 7.32. The first-order chi connectivity index (χ1) is 23.7. The van der Waals surface area contributed by atoms with Gasteiger partial charge in [0.15, 0.2) is 0 Å². The molecule has 0 saturated heterocycles. The van der Waals surface area contributed by atoms with Gasteiger partial charge in [-0.05, 0) is 71.3 Å². The number of nitrogens with zero attached hydrogens (tertiary/aromatic N) is 4. The highest BCUT2D eigenvalue weighted by Crippen LogP contribution is 2.43. The molecule has 0 unspecified atom stereocenters. The Morgan fingerprint density at radius 2 is 1.00 bits per heavy atom. The van der Waals surface area contributed by atoms with Crippen molar-refractivity contribution in [2.24, 2.45) is 0 Å². The van der Waals surface area contributed by atoms with Crippen LogP contribution in [0.15, 0.2) is 158 Å². The van der Waals surface area contributed by atoms with Gasteiger partial charge in [-0.15, -0.1) is 0 Å². The standard InChI is InChI=1S/C44H26N4/c1-46-39-27-38(36-19-6-11-24-44(36)48-42-22-9-4-17-34(42)35-18-5-10-23-43(35)48)37(26-30(39)28-45)29-13-12-14-31(25-29)47-40-20-7-2-15-32(40)33-16-3-8-21-41(33)47/h2-27H. The van der Waals surface area contributed by atoms with Crippen molar-refractivity contribution in [3.05, 3.63) is 175 Å². The summed E-state index contributed by atoms with van der Waals surface area (Å²) in [6.45, 7) is 7.98. The average molecular weight is 611 g/mol. The molecule has 0 aliphatic heterocycles. The molecule has 0 N–H and O–H groups in total. The van der Waals surface area contributed by atoms with Crippen LogP contribution in [0.1, 0.15) is 5.56 Å². The third-order valence-corrected chi connectivity index (χ3v) is 9.39. The maximum absolute atomic E-state index is 10.2. The molecule has 2 aromatic heterocycles. The number of aromatic nitrogens is 2. The van der Waals surface area contributed by atoms with E-state index in [4.69, 9.17) is 6.57 Å². The van der Waals surface area contributed by atoms with Crippen LogP contribution in [0.3, 0.4) is 0 Å². The van der Waals surface area contributed by atoms with Crippen LogP contribution in [0.25, 0.3) is 82.1 Å². The molecule has 4 nitrogen and oxygen atoms in total. The smallest absolute Gasteiger partial charge is 0.205 e. The highest BCUT2D eigenvalue weighted by Gasteiger charge is 2.20. The SMILES string of the molecule is [C-]#[N+]c1cc(-c2ccccc2-n2c3ccccc3c3ccccc32)c(-c2cccc(-n3c4ccccc4c4ccccc43)c2)cc1C#N. The monoisotopic (exact) mass is 610 g/mol. The fourth-order valence-electron chi connectivity index (χ4n) is 7.32. The molecule has 7 aromatic carbocycles. The molecule has 0 bridgehead atoms. The van der Waals surface area contributed by atoms with Gasteiger partial charge >= 0.3 is 0 Å².